The fourth-order valence-corrected chi connectivity index (χ4v) is 1.30. The van der Waals surface area contributed by atoms with Crippen molar-refractivity contribution < 1.29 is 14.7 Å². The van der Waals surface area contributed by atoms with E-state index in [1.54, 1.807) is 0 Å². The second-order valence-electron chi connectivity index (χ2n) is 3.77. The first-order valence-electron chi connectivity index (χ1n) is 5.08. The number of amides is 1. The highest BCUT2D eigenvalue weighted by Gasteiger charge is 2.28. The van der Waals surface area contributed by atoms with Gasteiger partial charge in [-0.05, 0) is 23.3 Å². The van der Waals surface area contributed by atoms with Crippen molar-refractivity contribution in [3.8, 4) is 0 Å². The minimum Gasteiger partial charge on any atom is -0.480 e. The molecule has 9 heteroatoms. The monoisotopic (exact) mass is 241 g/mol. The summed E-state index contributed by atoms with van der Waals surface area (Å²) in [5.74, 6) is -1.73. The predicted molar refractivity (Wildman–Crippen MR) is 53.2 cm³/mol. The van der Waals surface area contributed by atoms with Gasteiger partial charge in [0.2, 0.25) is 5.91 Å². The molecule has 1 aliphatic rings. The molecule has 1 saturated carbocycles. The maximum atomic E-state index is 11.6. The molecule has 17 heavy (non-hydrogen) atoms. The molecule has 1 amide bonds. The molecule has 9 nitrogen and oxygen atoms in total. The van der Waals surface area contributed by atoms with Crippen LogP contribution in [0.1, 0.15) is 18.9 Å². The Bertz CT molecular complexity index is 500. The van der Waals surface area contributed by atoms with Crippen LogP contribution in [-0.2, 0) is 16.1 Å². The number of carboxylic acids is 1. The van der Waals surface area contributed by atoms with Gasteiger partial charge >= 0.3 is 11.7 Å². The van der Waals surface area contributed by atoms with Gasteiger partial charge in [-0.3, -0.25) is 9.59 Å². The molecule has 0 bridgehead atoms. The van der Waals surface area contributed by atoms with Crippen LogP contribution in [-0.4, -0.2) is 43.3 Å². The maximum absolute atomic E-state index is 11.6. The minimum absolute atomic E-state index is 0.0957. The van der Waals surface area contributed by atoms with Gasteiger partial charge in [-0.25, -0.2) is 4.79 Å². The number of carboxylic acid groups (broad SMARTS) is 1. The molecule has 1 aliphatic carbocycles. The highest BCUT2D eigenvalue weighted by atomic mass is 16.4. The molecule has 0 spiro atoms. The van der Waals surface area contributed by atoms with Gasteiger partial charge < -0.3 is 10.4 Å². The summed E-state index contributed by atoms with van der Waals surface area (Å²) in [4.78, 5) is 33.1. The highest BCUT2D eigenvalue weighted by molar-refractivity contribution is 5.80. The highest BCUT2D eigenvalue weighted by Crippen LogP contribution is 2.32. The summed E-state index contributed by atoms with van der Waals surface area (Å²) in [6.07, 6.45) is 1.79. The number of tetrazole rings is 1. The van der Waals surface area contributed by atoms with E-state index >= 15 is 0 Å². The third kappa shape index (κ3) is 2.68. The molecule has 92 valence electrons. The minimum atomic E-state index is -1.15. The lowest BCUT2D eigenvalue weighted by molar-refractivity contribution is -0.138. The van der Waals surface area contributed by atoms with Crippen LogP contribution < -0.4 is 11.0 Å². The topological polar surface area (TPSA) is 119 Å². The van der Waals surface area contributed by atoms with Gasteiger partial charge in [0.15, 0.2) is 0 Å². The van der Waals surface area contributed by atoms with Crippen LogP contribution in [0.3, 0.4) is 0 Å². The zero-order chi connectivity index (χ0) is 12.4. The average molecular weight is 241 g/mol. The van der Waals surface area contributed by atoms with Gasteiger partial charge in [-0.15, -0.1) is 0 Å². The van der Waals surface area contributed by atoms with Crippen LogP contribution in [0.2, 0.25) is 0 Å². The Balaban J connectivity index is 1.96. The number of aromatic nitrogens is 4. The second-order valence-corrected chi connectivity index (χ2v) is 3.77. The number of aliphatic carboxylic acids is 1. The quantitative estimate of drug-likeness (QED) is 0.613. The van der Waals surface area contributed by atoms with E-state index in [1.807, 2.05) is 0 Å². The molecule has 1 fully saturated rings. The van der Waals surface area contributed by atoms with Crippen molar-refractivity contribution in [3.63, 3.8) is 0 Å². The Morgan fingerprint density at radius 2 is 2.12 bits per heavy atom. The second kappa shape index (κ2) is 4.36. The molecule has 0 saturated heterocycles. The summed E-state index contributed by atoms with van der Waals surface area (Å²) in [7, 11) is 0. The van der Waals surface area contributed by atoms with Gasteiger partial charge in [0, 0.05) is 0 Å². The Hall–Kier alpha value is -2.19. The number of carbonyl (C=O) groups excluding carboxylic acids is 1. The summed E-state index contributed by atoms with van der Waals surface area (Å²) in [5.41, 5.74) is -0.446. The number of hydrogen-bond acceptors (Lipinski definition) is 5. The van der Waals surface area contributed by atoms with Gasteiger partial charge in [0.05, 0.1) is 6.04 Å². The van der Waals surface area contributed by atoms with Crippen LogP contribution in [0.15, 0.2) is 4.79 Å². The van der Waals surface area contributed by atoms with E-state index in [2.05, 4.69) is 15.7 Å². The fraction of sp³-hybridized carbons (Fsp3) is 0.625. The normalized spacial score (nSPS) is 14.6. The fourth-order valence-electron chi connectivity index (χ4n) is 1.30. The lowest BCUT2D eigenvalue weighted by Gasteiger charge is -2.00. The first kappa shape index (κ1) is 11.3. The van der Waals surface area contributed by atoms with E-state index in [1.165, 1.54) is 4.68 Å². The first-order valence-corrected chi connectivity index (χ1v) is 5.08. The standard InChI is InChI=1S/C8H11N5O4/c14-6(9-3-7(15)16)4-12-8(17)13(11-10-12)5-1-2-5/h5H,1-4H2,(H,9,14)(H,15,16). The molecular weight excluding hydrogens is 230 g/mol. The molecule has 2 N–H and O–H groups in total. The lowest BCUT2D eigenvalue weighted by Crippen LogP contribution is -2.36. The van der Waals surface area contributed by atoms with Crippen molar-refractivity contribution in [1.82, 2.24) is 25.1 Å². The molecule has 1 aromatic heterocycles. The first-order chi connectivity index (χ1) is 8.08. The summed E-state index contributed by atoms with van der Waals surface area (Å²) in [6.45, 7) is -0.802. The van der Waals surface area contributed by atoms with Crippen LogP contribution in [0.5, 0.6) is 0 Å². The van der Waals surface area contributed by atoms with Crippen molar-refractivity contribution in [2.75, 3.05) is 6.54 Å². The third-order valence-corrected chi connectivity index (χ3v) is 2.28. The number of rotatable bonds is 5. The Morgan fingerprint density at radius 3 is 2.71 bits per heavy atom. The number of nitrogens with zero attached hydrogens (tertiary/aromatic N) is 4. The largest absolute Gasteiger partial charge is 0.480 e. The molecule has 0 radical (unpaired) electrons. The Kier molecular flexibility index (Phi) is 2.90. The van der Waals surface area contributed by atoms with E-state index in [0.29, 0.717) is 0 Å². The van der Waals surface area contributed by atoms with Crippen LogP contribution in [0.25, 0.3) is 0 Å². The van der Waals surface area contributed by atoms with Crippen LogP contribution in [0, 0.1) is 0 Å². The van der Waals surface area contributed by atoms with Gasteiger partial charge in [0.1, 0.15) is 13.1 Å². The molecule has 1 aromatic rings. The van der Waals surface area contributed by atoms with Gasteiger partial charge in [-0.1, -0.05) is 0 Å². The van der Waals surface area contributed by atoms with E-state index < -0.39 is 24.1 Å². The maximum Gasteiger partial charge on any atom is 0.364 e. The summed E-state index contributed by atoms with van der Waals surface area (Å²) in [6, 6.07) is 0.0957. The van der Waals surface area contributed by atoms with E-state index in [-0.39, 0.29) is 12.6 Å². The van der Waals surface area contributed by atoms with Crippen molar-refractivity contribution in [3.05, 3.63) is 10.5 Å². The van der Waals surface area contributed by atoms with Crippen LogP contribution in [0.4, 0.5) is 0 Å². The van der Waals surface area contributed by atoms with Gasteiger partial charge in [-0.2, -0.15) is 9.36 Å². The molecule has 0 aromatic carbocycles. The average Bonchev–Trinajstić information content (AvgIpc) is 3.04. The van der Waals surface area contributed by atoms with Gasteiger partial charge in [0.25, 0.3) is 0 Å². The zero-order valence-electron chi connectivity index (χ0n) is 8.87. The number of carbonyl (C=O) groups is 2. The van der Waals surface area contributed by atoms with Crippen molar-refractivity contribution >= 4 is 11.9 Å². The SMILES string of the molecule is O=C(O)CNC(=O)Cn1nnn(C2CC2)c1=O. The smallest absolute Gasteiger partial charge is 0.364 e. The molecule has 0 unspecified atom stereocenters. The molecule has 1 heterocycles. The third-order valence-electron chi connectivity index (χ3n) is 2.28. The van der Waals surface area contributed by atoms with Crippen molar-refractivity contribution in [2.24, 2.45) is 0 Å². The molecule has 2 rings (SSSR count). The summed E-state index contributed by atoms with van der Waals surface area (Å²) < 4.78 is 2.15. The molecular formula is C8H11N5O4. The Labute approximate surface area is 95.0 Å². The van der Waals surface area contributed by atoms with E-state index in [9.17, 15) is 14.4 Å². The van der Waals surface area contributed by atoms with Crippen molar-refractivity contribution in [1.29, 1.82) is 0 Å². The molecule has 0 aliphatic heterocycles. The summed E-state index contributed by atoms with van der Waals surface area (Å²) >= 11 is 0. The number of nitrogens with one attached hydrogen (secondary N) is 1. The summed E-state index contributed by atoms with van der Waals surface area (Å²) in [5, 5.41) is 17.7. The predicted octanol–water partition coefficient (Wildman–Crippen LogP) is -2.02. The lowest BCUT2D eigenvalue weighted by atomic mass is 10.5. The number of hydrogen-bond donors (Lipinski definition) is 2. The molecule has 0 atom stereocenters. The Morgan fingerprint density at radius 1 is 1.41 bits per heavy atom. The van der Waals surface area contributed by atoms with Crippen LogP contribution >= 0.6 is 0 Å². The van der Waals surface area contributed by atoms with Crippen molar-refractivity contribution in [2.45, 2.75) is 25.4 Å². The van der Waals surface area contributed by atoms with E-state index in [4.69, 9.17) is 5.11 Å². The zero-order valence-corrected chi connectivity index (χ0v) is 8.87. The van der Waals surface area contributed by atoms with E-state index in [0.717, 1.165) is 17.5 Å².